The first-order chi connectivity index (χ1) is 12.4. The molecule has 140 valence electrons. The number of amides is 3. The van der Waals surface area contributed by atoms with Gasteiger partial charge in [0.15, 0.2) is 0 Å². The topological polar surface area (TPSA) is 73.5 Å². The number of nitrogens with one attached hydrogen (secondary N) is 3. The first-order valence-corrected chi connectivity index (χ1v) is 9.84. The lowest BCUT2D eigenvalue weighted by atomic mass is 10.1. The van der Waals surface area contributed by atoms with E-state index in [4.69, 9.17) is 0 Å². The van der Waals surface area contributed by atoms with Gasteiger partial charge in [-0.1, -0.05) is 24.3 Å². The van der Waals surface area contributed by atoms with Crippen LogP contribution in [0.5, 0.6) is 0 Å². The maximum Gasteiger partial charge on any atom is 0.333 e. The average molecular weight is 439 g/mol. The third kappa shape index (κ3) is 6.12. The summed E-state index contributed by atoms with van der Waals surface area (Å²) < 4.78 is 0.857. The van der Waals surface area contributed by atoms with Crippen LogP contribution in [0.25, 0.3) is 0 Å². The molecular formula is C18H23BrN4O2S. The summed E-state index contributed by atoms with van der Waals surface area (Å²) in [5.74, 6) is -0.352. The van der Waals surface area contributed by atoms with Gasteiger partial charge in [-0.05, 0) is 60.1 Å². The van der Waals surface area contributed by atoms with Gasteiger partial charge in [0.2, 0.25) is 0 Å². The number of hydrogen-bond donors (Lipinski definition) is 3. The Hall–Kier alpha value is -1.90. The van der Waals surface area contributed by atoms with Gasteiger partial charge >= 0.3 is 6.03 Å². The van der Waals surface area contributed by atoms with E-state index in [-0.39, 0.29) is 5.91 Å². The Morgan fingerprint density at radius 2 is 1.81 bits per heavy atom. The number of hydrazine groups is 1. The maximum absolute atomic E-state index is 11.9. The average Bonchev–Trinajstić information content (AvgIpc) is 3.05. The summed E-state index contributed by atoms with van der Waals surface area (Å²) >= 11 is 4.59. The summed E-state index contributed by atoms with van der Waals surface area (Å²) in [6.07, 6.45) is 0. The monoisotopic (exact) mass is 438 g/mol. The summed E-state index contributed by atoms with van der Waals surface area (Å²) in [5, 5.41) is 2.76. The van der Waals surface area contributed by atoms with Crippen LogP contribution < -0.4 is 16.2 Å². The van der Waals surface area contributed by atoms with Crippen molar-refractivity contribution in [2.24, 2.45) is 0 Å². The molecule has 2 aromatic rings. The standard InChI is InChI=1S/C18H23BrN4O2S/c1-12(2)23(3)11-14-7-5-4-6-13(14)10-20-18(25)22-21-17(24)15-8-9-16(19)26-15/h4-9,12H,10-11H2,1-3H3,(H,21,24)(H2,20,22,25). The second-order valence-electron chi connectivity index (χ2n) is 6.14. The zero-order valence-electron chi connectivity index (χ0n) is 15.0. The lowest BCUT2D eigenvalue weighted by Gasteiger charge is -2.22. The minimum absolute atomic E-state index is 0.352. The molecule has 1 aromatic heterocycles. The smallest absolute Gasteiger partial charge is 0.333 e. The number of hydrogen-bond acceptors (Lipinski definition) is 4. The van der Waals surface area contributed by atoms with Crippen LogP contribution in [-0.2, 0) is 13.1 Å². The molecule has 8 heteroatoms. The van der Waals surface area contributed by atoms with Crippen molar-refractivity contribution in [1.29, 1.82) is 0 Å². The number of carbonyl (C=O) groups is 2. The predicted molar refractivity (Wildman–Crippen MR) is 108 cm³/mol. The minimum atomic E-state index is -0.457. The molecule has 0 bridgehead atoms. The first kappa shape index (κ1) is 20.4. The molecule has 0 radical (unpaired) electrons. The van der Waals surface area contributed by atoms with Crippen LogP contribution in [0.1, 0.15) is 34.6 Å². The van der Waals surface area contributed by atoms with Crippen molar-refractivity contribution in [1.82, 2.24) is 21.1 Å². The summed E-state index contributed by atoms with van der Waals surface area (Å²) in [5.41, 5.74) is 6.97. The second-order valence-corrected chi connectivity index (χ2v) is 8.61. The van der Waals surface area contributed by atoms with Crippen molar-refractivity contribution in [3.05, 3.63) is 56.2 Å². The summed E-state index contributed by atoms with van der Waals surface area (Å²) in [7, 11) is 2.07. The highest BCUT2D eigenvalue weighted by molar-refractivity contribution is 9.11. The van der Waals surface area contributed by atoms with Gasteiger partial charge in [-0.15, -0.1) is 11.3 Å². The van der Waals surface area contributed by atoms with Crippen LogP contribution in [0.2, 0.25) is 0 Å². The number of urea groups is 1. The van der Waals surface area contributed by atoms with Crippen LogP contribution >= 0.6 is 27.3 Å². The minimum Gasteiger partial charge on any atom is -0.333 e. The van der Waals surface area contributed by atoms with Crippen molar-refractivity contribution in [2.45, 2.75) is 33.0 Å². The third-order valence-electron chi connectivity index (χ3n) is 3.95. The fraction of sp³-hybridized carbons (Fsp3) is 0.333. The van der Waals surface area contributed by atoms with Crippen LogP contribution in [0.15, 0.2) is 40.2 Å². The molecule has 0 unspecified atom stereocenters. The van der Waals surface area contributed by atoms with E-state index in [1.807, 2.05) is 18.2 Å². The number of thiophene rings is 1. The predicted octanol–water partition coefficient (Wildman–Crippen LogP) is 3.50. The Morgan fingerprint density at radius 3 is 2.42 bits per heavy atom. The van der Waals surface area contributed by atoms with Gasteiger partial charge in [-0.25, -0.2) is 10.2 Å². The molecule has 3 amide bonds. The van der Waals surface area contributed by atoms with E-state index >= 15 is 0 Å². The van der Waals surface area contributed by atoms with E-state index in [1.165, 1.54) is 11.3 Å². The lowest BCUT2D eigenvalue weighted by molar-refractivity contribution is 0.0940. The van der Waals surface area contributed by atoms with E-state index < -0.39 is 6.03 Å². The largest absolute Gasteiger partial charge is 0.333 e. The van der Waals surface area contributed by atoms with Gasteiger partial charge in [0.25, 0.3) is 5.91 Å². The highest BCUT2D eigenvalue weighted by atomic mass is 79.9. The molecule has 2 rings (SSSR count). The highest BCUT2D eigenvalue weighted by Gasteiger charge is 2.11. The molecule has 0 saturated heterocycles. The molecule has 26 heavy (non-hydrogen) atoms. The first-order valence-electron chi connectivity index (χ1n) is 8.23. The van der Waals surface area contributed by atoms with Crippen molar-refractivity contribution in [3.63, 3.8) is 0 Å². The Labute approximate surface area is 166 Å². The van der Waals surface area contributed by atoms with Crippen molar-refractivity contribution >= 4 is 39.2 Å². The molecule has 6 nitrogen and oxygen atoms in total. The molecule has 0 fully saturated rings. The Bertz CT molecular complexity index is 763. The quantitative estimate of drug-likeness (QED) is 0.604. The van der Waals surface area contributed by atoms with Crippen molar-refractivity contribution in [3.8, 4) is 0 Å². The van der Waals surface area contributed by atoms with Gasteiger partial charge in [-0.3, -0.25) is 15.1 Å². The molecule has 1 heterocycles. The third-order valence-corrected chi connectivity index (χ3v) is 5.57. The number of halogens is 1. The van der Waals surface area contributed by atoms with E-state index in [0.717, 1.165) is 21.5 Å². The second kappa shape index (κ2) is 9.70. The zero-order chi connectivity index (χ0) is 19.1. The van der Waals surface area contributed by atoms with Gasteiger partial charge in [0.05, 0.1) is 8.66 Å². The van der Waals surface area contributed by atoms with E-state index in [9.17, 15) is 9.59 Å². The fourth-order valence-electron chi connectivity index (χ4n) is 2.17. The summed E-state index contributed by atoms with van der Waals surface area (Å²) in [6.45, 7) is 5.47. The summed E-state index contributed by atoms with van der Waals surface area (Å²) in [4.78, 5) is 26.6. The van der Waals surface area contributed by atoms with Gasteiger partial charge in [0, 0.05) is 19.1 Å². The molecule has 0 aliphatic rings. The number of benzene rings is 1. The number of nitrogens with zero attached hydrogens (tertiary/aromatic N) is 1. The summed E-state index contributed by atoms with van der Waals surface area (Å²) in [6, 6.07) is 11.4. The molecule has 0 atom stereocenters. The van der Waals surface area contributed by atoms with E-state index in [1.54, 1.807) is 12.1 Å². The molecule has 1 aromatic carbocycles. The normalized spacial score (nSPS) is 10.8. The van der Waals surface area contributed by atoms with Gasteiger partial charge in [-0.2, -0.15) is 0 Å². The Morgan fingerprint density at radius 1 is 1.12 bits per heavy atom. The van der Waals surface area contributed by atoms with Gasteiger partial charge < -0.3 is 5.32 Å². The fourth-order valence-corrected chi connectivity index (χ4v) is 3.45. The van der Waals surface area contributed by atoms with Gasteiger partial charge in [0.1, 0.15) is 0 Å². The van der Waals surface area contributed by atoms with Crippen molar-refractivity contribution in [2.75, 3.05) is 7.05 Å². The SMILES string of the molecule is CC(C)N(C)Cc1ccccc1CNC(=O)NNC(=O)c1ccc(Br)s1. The van der Waals surface area contributed by atoms with E-state index in [2.05, 4.69) is 64.0 Å². The molecular weight excluding hydrogens is 416 g/mol. The maximum atomic E-state index is 11.9. The Kier molecular flexibility index (Phi) is 7.62. The van der Waals surface area contributed by atoms with Crippen LogP contribution in [-0.4, -0.2) is 29.9 Å². The van der Waals surface area contributed by atoms with Crippen LogP contribution in [0.3, 0.4) is 0 Å². The van der Waals surface area contributed by atoms with Crippen LogP contribution in [0.4, 0.5) is 4.79 Å². The lowest BCUT2D eigenvalue weighted by Crippen LogP contribution is -2.46. The molecule has 0 saturated carbocycles. The molecule has 3 N–H and O–H groups in total. The highest BCUT2D eigenvalue weighted by Crippen LogP contribution is 2.21. The number of rotatable bonds is 6. The van der Waals surface area contributed by atoms with Crippen molar-refractivity contribution < 1.29 is 9.59 Å². The van der Waals surface area contributed by atoms with E-state index in [0.29, 0.717) is 17.5 Å². The zero-order valence-corrected chi connectivity index (χ0v) is 17.4. The van der Waals surface area contributed by atoms with Crippen LogP contribution in [0, 0.1) is 0 Å². The number of carbonyl (C=O) groups excluding carboxylic acids is 2. The Balaban J connectivity index is 1.84. The molecule has 0 aliphatic heterocycles. The molecule has 0 spiro atoms. The molecule has 0 aliphatic carbocycles.